The van der Waals surface area contributed by atoms with Crippen LogP contribution >= 0.6 is 0 Å². The molecule has 7 nitrogen and oxygen atoms in total. The van der Waals surface area contributed by atoms with E-state index in [0.29, 0.717) is 26.2 Å². The van der Waals surface area contributed by atoms with Gasteiger partial charge in [0.25, 0.3) is 10.0 Å². The van der Waals surface area contributed by atoms with Crippen LogP contribution in [0.2, 0.25) is 0 Å². The molecule has 146 valence electrons. The van der Waals surface area contributed by atoms with Crippen LogP contribution in [0.5, 0.6) is 0 Å². The van der Waals surface area contributed by atoms with E-state index in [1.54, 1.807) is 12.1 Å². The van der Waals surface area contributed by atoms with Crippen LogP contribution < -0.4 is 4.72 Å². The molecule has 0 radical (unpaired) electrons. The number of nitrogens with zero attached hydrogens (tertiary/aromatic N) is 2. The van der Waals surface area contributed by atoms with Crippen molar-refractivity contribution in [2.24, 2.45) is 0 Å². The van der Waals surface area contributed by atoms with Crippen LogP contribution in [0, 0.1) is 6.92 Å². The first-order chi connectivity index (χ1) is 12.7. The van der Waals surface area contributed by atoms with Gasteiger partial charge >= 0.3 is 0 Å². The number of nitrogens with one attached hydrogen (secondary N) is 1. The Hall–Kier alpha value is -1.94. The highest BCUT2D eigenvalue weighted by atomic mass is 32.2. The van der Waals surface area contributed by atoms with Crippen LogP contribution in [0.1, 0.15) is 5.56 Å². The van der Waals surface area contributed by atoms with Crippen LogP contribution in [0.15, 0.2) is 58.3 Å². The predicted molar refractivity (Wildman–Crippen MR) is 105 cm³/mol. The van der Waals surface area contributed by atoms with Crippen molar-refractivity contribution in [2.45, 2.75) is 16.7 Å². The Morgan fingerprint density at radius 3 is 2.11 bits per heavy atom. The summed E-state index contributed by atoms with van der Waals surface area (Å²) >= 11 is 0. The highest BCUT2D eigenvalue weighted by Crippen LogP contribution is 2.23. The molecule has 3 rings (SSSR count). The summed E-state index contributed by atoms with van der Waals surface area (Å²) in [6.45, 7) is 4.03. The van der Waals surface area contributed by atoms with Crippen LogP contribution in [-0.2, 0) is 20.0 Å². The van der Waals surface area contributed by atoms with Gasteiger partial charge in [-0.05, 0) is 44.3 Å². The third-order valence-corrected chi connectivity index (χ3v) is 7.81. The number of hydrogen-bond acceptors (Lipinski definition) is 5. The third-order valence-electron chi connectivity index (χ3n) is 4.52. The summed E-state index contributed by atoms with van der Waals surface area (Å²) in [5.74, 6) is 0. The standard InChI is InChI=1S/C18H23N3O4S2/c1-15-6-8-17(9-7-15)26(22,23)19-16-4-3-5-18(14-16)27(24,25)21-12-10-20(2)11-13-21/h3-9,14,19H,10-13H2,1-2H3. The summed E-state index contributed by atoms with van der Waals surface area (Å²) < 4.78 is 54.7. The molecule has 0 aromatic heterocycles. The molecule has 0 aliphatic carbocycles. The molecular weight excluding hydrogens is 386 g/mol. The zero-order valence-electron chi connectivity index (χ0n) is 15.3. The van der Waals surface area contributed by atoms with Crippen molar-refractivity contribution < 1.29 is 16.8 Å². The molecule has 2 aromatic rings. The van der Waals surface area contributed by atoms with Gasteiger partial charge < -0.3 is 4.90 Å². The van der Waals surface area contributed by atoms with Gasteiger partial charge in [-0.25, -0.2) is 16.8 Å². The monoisotopic (exact) mass is 409 g/mol. The number of sulfonamides is 2. The van der Waals surface area contributed by atoms with E-state index in [9.17, 15) is 16.8 Å². The molecule has 0 saturated carbocycles. The van der Waals surface area contributed by atoms with Gasteiger partial charge in [0.15, 0.2) is 0 Å². The normalized spacial score (nSPS) is 17.0. The SMILES string of the molecule is Cc1ccc(S(=O)(=O)Nc2cccc(S(=O)(=O)N3CCN(C)CC3)c2)cc1. The van der Waals surface area contributed by atoms with Crippen LogP contribution in [0.4, 0.5) is 5.69 Å². The molecular formula is C18H23N3O4S2. The number of rotatable bonds is 5. The van der Waals surface area contributed by atoms with E-state index in [4.69, 9.17) is 0 Å². The molecule has 0 bridgehead atoms. The maximum Gasteiger partial charge on any atom is 0.261 e. The molecule has 27 heavy (non-hydrogen) atoms. The smallest absolute Gasteiger partial charge is 0.261 e. The van der Waals surface area contributed by atoms with E-state index < -0.39 is 20.0 Å². The van der Waals surface area contributed by atoms with E-state index in [1.165, 1.54) is 40.7 Å². The van der Waals surface area contributed by atoms with Crippen molar-refractivity contribution in [1.29, 1.82) is 0 Å². The fourth-order valence-electron chi connectivity index (χ4n) is 2.83. The summed E-state index contributed by atoms with van der Waals surface area (Å²) in [7, 11) is -5.50. The Bertz CT molecular complexity index is 1010. The molecule has 0 amide bonds. The highest BCUT2D eigenvalue weighted by molar-refractivity contribution is 7.92. The predicted octanol–water partition coefficient (Wildman–Crippen LogP) is 1.73. The molecule has 1 aliphatic rings. The molecule has 1 aliphatic heterocycles. The zero-order valence-corrected chi connectivity index (χ0v) is 16.9. The number of hydrogen-bond donors (Lipinski definition) is 1. The van der Waals surface area contributed by atoms with Crippen molar-refractivity contribution >= 4 is 25.7 Å². The molecule has 1 saturated heterocycles. The van der Waals surface area contributed by atoms with Gasteiger partial charge in [0.05, 0.1) is 15.5 Å². The Labute approximate surface area is 160 Å². The van der Waals surface area contributed by atoms with Gasteiger partial charge in [-0.15, -0.1) is 0 Å². The first-order valence-corrected chi connectivity index (χ1v) is 11.5. The molecule has 1 heterocycles. The van der Waals surface area contributed by atoms with Gasteiger partial charge in [-0.3, -0.25) is 4.72 Å². The lowest BCUT2D eigenvalue weighted by molar-refractivity contribution is 0.222. The van der Waals surface area contributed by atoms with Gasteiger partial charge in [-0.2, -0.15) is 4.31 Å². The van der Waals surface area contributed by atoms with E-state index in [-0.39, 0.29) is 15.5 Å². The minimum Gasteiger partial charge on any atom is -0.304 e. The summed E-state index contributed by atoms with van der Waals surface area (Å²) in [6, 6.07) is 12.4. The Kier molecular flexibility index (Phi) is 5.57. The highest BCUT2D eigenvalue weighted by Gasteiger charge is 2.27. The summed E-state index contributed by atoms with van der Waals surface area (Å²) in [4.78, 5) is 2.27. The first-order valence-electron chi connectivity index (χ1n) is 8.57. The number of aryl methyl sites for hydroxylation is 1. The van der Waals surface area contributed by atoms with Crippen molar-refractivity contribution in [1.82, 2.24) is 9.21 Å². The fourth-order valence-corrected chi connectivity index (χ4v) is 5.35. The zero-order chi connectivity index (χ0) is 19.7. The van der Waals surface area contributed by atoms with Crippen molar-refractivity contribution in [2.75, 3.05) is 37.9 Å². The molecule has 2 aromatic carbocycles. The minimum absolute atomic E-state index is 0.0798. The number of anilines is 1. The van der Waals surface area contributed by atoms with Crippen LogP contribution in [0.25, 0.3) is 0 Å². The van der Waals surface area contributed by atoms with Gasteiger partial charge in [0.2, 0.25) is 10.0 Å². The third kappa shape index (κ3) is 4.49. The quantitative estimate of drug-likeness (QED) is 0.813. The minimum atomic E-state index is -3.79. The molecule has 1 fully saturated rings. The molecule has 9 heteroatoms. The average molecular weight is 410 g/mol. The summed E-state index contributed by atoms with van der Waals surface area (Å²) in [6.07, 6.45) is 0. The molecule has 0 atom stereocenters. The maximum absolute atomic E-state index is 12.8. The lowest BCUT2D eigenvalue weighted by Gasteiger charge is -2.31. The second-order valence-corrected chi connectivity index (χ2v) is 10.3. The summed E-state index contributed by atoms with van der Waals surface area (Å²) in [5, 5.41) is 0. The largest absolute Gasteiger partial charge is 0.304 e. The van der Waals surface area contributed by atoms with E-state index in [0.717, 1.165) is 5.56 Å². The molecule has 0 spiro atoms. The van der Waals surface area contributed by atoms with E-state index in [1.807, 2.05) is 14.0 Å². The number of likely N-dealkylation sites (N-methyl/N-ethyl adjacent to an activating group) is 1. The van der Waals surface area contributed by atoms with Crippen molar-refractivity contribution in [3.63, 3.8) is 0 Å². The Morgan fingerprint density at radius 1 is 0.852 bits per heavy atom. The molecule has 0 unspecified atom stereocenters. The van der Waals surface area contributed by atoms with Crippen LogP contribution in [-0.4, -0.2) is 59.3 Å². The van der Waals surface area contributed by atoms with Crippen molar-refractivity contribution in [3.8, 4) is 0 Å². The van der Waals surface area contributed by atoms with E-state index >= 15 is 0 Å². The lowest BCUT2D eigenvalue weighted by Crippen LogP contribution is -2.47. The first kappa shape index (κ1) is 19.8. The topological polar surface area (TPSA) is 86.8 Å². The van der Waals surface area contributed by atoms with E-state index in [2.05, 4.69) is 9.62 Å². The Morgan fingerprint density at radius 2 is 1.48 bits per heavy atom. The van der Waals surface area contributed by atoms with Gasteiger partial charge in [0.1, 0.15) is 0 Å². The fraction of sp³-hybridized carbons (Fsp3) is 0.333. The average Bonchev–Trinajstić information content (AvgIpc) is 2.62. The Balaban J connectivity index is 1.84. The second-order valence-electron chi connectivity index (χ2n) is 6.65. The number of piperazine rings is 1. The molecule has 1 N–H and O–H groups in total. The van der Waals surface area contributed by atoms with Gasteiger partial charge in [0, 0.05) is 26.2 Å². The van der Waals surface area contributed by atoms with Crippen molar-refractivity contribution in [3.05, 3.63) is 54.1 Å². The second kappa shape index (κ2) is 7.59. The number of benzene rings is 2. The van der Waals surface area contributed by atoms with Crippen LogP contribution in [0.3, 0.4) is 0 Å². The lowest BCUT2D eigenvalue weighted by atomic mass is 10.2. The maximum atomic E-state index is 12.8. The summed E-state index contributed by atoms with van der Waals surface area (Å²) in [5.41, 5.74) is 1.17. The van der Waals surface area contributed by atoms with Gasteiger partial charge in [-0.1, -0.05) is 23.8 Å².